The Bertz CT molecular complexity index is 400. The van der Waals surface area contributed by atoms with E-state index in [4.69, 9.17) is 10.2 Å². The molecule has 0 amide bonds. The second kappa shape index (κ2) is 3.48. The van der Waals surface area contributed by atoms with Gasteiger partial charge in [0.05, 0.1) is 0 Å². The minimum Gasteiger partial charge on any atom is -0.501 e. The van der Waals surface area contributed by atoms with E-state index in [9.17, 15) is 9.59 Å². The molecule has 7 heteroatoms. The van der Waals surface area contributed by atoms with E-state index in [1.54, 1.807) is 6.26 Å². The van der Waals surface area contributed by atoms with E-state index in [-0.39, 0.29) is 5.16 Å². The third-order valence-electron chi connectivity index (χ3n) is 1.27. The first-order valence-corrected chi connectivity index (χ1v) is 4.39. The lowest BCUT2D eigenvalue weighted by Crippen LogP contribution is -2.14. The SMILES string of the molecule is CSc1nc(C(=O)O)c(O)c(=O)[nH]1. The molecular weight excluding hydrogens is 196 g/mol. The number of thioether (sulfide) groups is 1. The molecule has 0 aliphatic rings. The molecule has 1 heterocycles. The molecule has 0 bridgehead atoms. The van der Waals surface area contributed by atoms with Crippen LogP contribution in [0.5, 0.6) is 5.75 Å². The summed E-state index contributed by atoms with van der Waals surface area (Å²) in [6.45, 7) is 0. The number of aromatic nitrogens is 2. The molecule has 3 N–H and O–H groups in total. The van der Waals surface area contributed by atoms with Gasteiger partial charge in [0.15, 0.2) is 10.9 Å². The normalized spacial score (nSPS) is 9.92. The summed E-state index contributed by atoms with van der Waals surface area (Å²) >= 11 is 1.08. The second-order valence-electron chi connectivity index (χ2n) is 2.08. The molecule has 13 heavy (non-hydrogen) atoms. The van der Waals surface area contributed by atoms with Gasteiger partial charge >= 0.3 is 5.97 Å². The van der Waals surface area contributed by atoms with E-state index in [0.717, 1.165) is 11.8 Å². The maximum atomic E-state index is 10.9. The van der Waals surface area contributed by atoms with Crippen LogP contribution in [0.15, 0.2) is 9.95 Å². The van der Waals surface area contributed by atoms with Crippen molar-refractivity contribution in [3.05, 3.63) is 16.0 Å². The van der Waals surface area contributed by atoms with Crippen molar-refractivity contribution in [2.75, 3.05) is 6.26 Å². The molecule has 1 aromatic rings. The Labute approximate surface area is 76.6 Å². The van der Waals surface area contributed by atoms with E-state index in [2.05, 4.69) is 9.97 Å². The number of rotatable bonds is 2. The molecule has 0 radical (unpaired) electrons. The highest BCUT2D eigenvalue weighted by Crippen LogP contribution is 2.12. The molecule has 0 saturated carbocycles. The van der Waals surface area contributed by atoms with Crippen LogP contribution in [-0.4, -0.2) is 32.4 Å². The van der Waals surface area contributed by atoms with Crippen molar-refractivity contribution >= 4 is 17.7 Å². The maximum Gasteiger partial charge on any atom is 0.358 e. The van der Waals surface area contributed by atoms with Gasteiger partial charge in [0.1, 0.15) is 0 Å². The van der Waals surface area contributed by atoms with E-state index < -0.39 is 23.0 Å². The molecule has 0 fully saturated rings. The van der Waals surface area contributed by atoms with Crippen LogP contribution in [0.4, 0.5) is 0 Å². The number of carbonyl (C=O) groups is 1. The Balaban J connectivity index is 3.42. The Morgan fingerprint density at radius 3 is 2.69 bits per heavy atom. The van der Waals surface area contributed by atoms with Crippen molar-refractivity contribution < 1.29 is 15.0 Å². The Morgan fingerprint density at radius 1 is 1.62 bits per heavy atom. The number of carboxylic acids is 1. The maximum absolute atomic E-state index is 10.9. The molecule has 6 nitrogen and oxygen atoms in total. The van der Waals surface area contributed by atoms with Gasteiger partial charge < -0.3 is 10.2 Å². The lowest BCUT2D eigenvalue weighted by molar-refractivity contribution is 0.0685. The topological polar surface area (TPSA) is 103 Å². The van der Waals surface area contributed by atoms with Crippen molar-refractivity contribution in [2.45, 2.75) is 5.16 Å². The van der Waals surface area contributed by atoms with Gasteiger partial charge in [-0.3, -0.25) is 9.78 Å². The van der Waals surface area contributed by atoms with Crippen molar-refractivity contribution in [1.82, 2.24) is 9.97 Å². The molecule has 0 aliphatic heterocycles. The fraction of sp³-hybridized carbons (Fsp3) is 0.167. The summed E-state index contributed by atoms with van der Waals surface area (Å²) in [5, 5.41) is 17.7. The number of H-pyrrole nitrogens is 1. The zero-order chi connectivity index (χ0) is 10.0. The highest BCUT2D eigenvalue weighted by Gasteiger charge is 2.15. The van der Waals surface area contributed by atoms with Gasteiger partial charge in [-0.2, -0.15) is 0 Å². The number of hydrogen-bond acceptors (Lipinski definition) is 5. The lowest BCUT2D eigenvalue weighted by Gasteiger charge is -1.99. The second-order valence-corrected chi connectivity index (χ2v) is 2.87. The number of nitrogens with zero attached hydrogens (tertiary/aromatic N) is 1. The molecule has 1 aromatic heterocycles. The monoisotopic (exact) mass is 202 g/mol. The molecule has 0 spiro atoms. The van der Waals surface area contributed by atoms with Crippen LogP contribution >= 0.6 is 11.8 Å². The molecule has 0 aliphatic carbocycles. The molecular formula is C6H6N2O4S. The zero-order valence-electron chi connectivity index (χ0n) is 6.57. The van der Waals surface area contributed by atoms with Gasteiger partial charge in [-0.05, 0) is 6.26 Å². The van der Waals surface area contributed by atoms with Crippen LogP contribution in [0, 0.1) is 0 Å². The van der Waals surface area contributed by atoms with Crippen LogP contribution in [0.1, 0.15) is 10.5 Å². The molecule has 1 rings (SSSR count). The van der Waals surface area contributed by atoms with E-state index in [1.165, 1.54) is 0 Å². The average molecular weight is 202 g/mol. The number of carboxylic acid groups (broad SMARTS) is 1. The Morgan fingerprint density at radius 2 is 2.23 bits per heavy atom. The smallest absolute Gasteiger partial charge is 0.358 e. The summed E-state index contributed by atoms with van der Waals surface area (Å²) in [6.07, 6.45) is 1.63. The third-order valence-corrected chi connectivity index (χ3v) is 1.85. The number of aromatic amines is 1. The average Bonchev–Trinajstić information content (AvgIpc) is 2.09. The summed E-state index contributed by atoms with van der Waals surface area (Å²) in [5.41, 5.74) is -1.48. The van der Waals surface area contributed by atoms with Gasteiger partial charge in [-0.25, -0.2) is 9.78 Å². The van der Waals surface area contributed by atoms with Crippen molar-refractivity contribution in [3.8, 4) is 5.75 Å². The number of aromatic hydroxyl groups is 1. The molecule has 70 valence electrons. The minimum atomic E-state index is -1.43. The molecule has 0 unspecified atom stereocenters. The summed E-state index contributed by atoms with van der Waals surface area (Å²) in [4.78, 5) is 27.1. The summed E-state index contributed by atoms with van der Waals surface area (Å²) in [7, 11) is 0. The van der Waals surface area contributed by atoms with Gasteiger partial charge in [0.2, 0.25) is 5.75 Å². The summed E-state index contributed by atoms with van der Waals surface area (Å²) < 4.78 is 0. The van der Waals surface area contributed by atoms with Crippen molar-refractivity contribution in [1.29, 1.82) is 0 Å². The van der Waals surface area contributed by atoms with Gasteiger partial charge in [0.25, 0.3) is 5.56 Å². The highest BCUT2D eigenvalue weighted by atomic mass is 32.2. The largest absolute Gasteiger partial charge is 0.501 e. The van der Waals surface area contributed by atoms with E-state index in [1.807, 2.05) is 0 Å². The van der Waals surface area contributed by atoms with Crippen LogP contribution in [0.25, 0.3) is 0 Å². The summed E-state index contributed by atoms with van der Waals surface area (Å²) in [6, 6.07) is 0. The van der Waals surface area contributed by atoms with Crippen molar-refractivity contribution in [3.63, 3.8) is 0 Å². The predicted octanol–water partition coefficient (Wildman–Crippen LogP) is -0.104. The first kappa shape index (κ1) is 9.59. The minimum absolute atomic E-state index is 0.153. The van der Waals surface area contributed by atoms with Crippen LogP contribution in [0.3, 0.4) is 0 Å². The number of aromatic carboxylic acids is 1. The van der Waals surface area contributed by atoms with Crippen molar-refractivity contribution in [2.24, 2.45) is 0 Å². The summed E-state index contributed by atoms with van der Waals surface area (Å²) in [5.74, 6) is -2.30. The quantitative estimate of drug-likeness (QED) is 0.457. The first-order chi connectivity index (χ1) is 6.06. The number of nitrogens with one attached hydrogen (secondary N) is 1. The molecule has 0 saturated heterocycles. The van der Waals surface area contributed by atoms with E-state index >= 15 is 0 Å². The molecule has 0 aromatic carbocycles. The van der Waals surface area contributed by atoms with Gasteiger partial charge in [-0.15, -0.1) is 0 Å². The third kappa shape index (κ3) is 1.81. The van der Waals surface area contributed by atoms with Crippen LogP contribution < -0.4 is 5.56 Å². The molecule has 0 atom stereocenters. The van der Waals surface area contributed by atoms with Gasteiger partial charge in [-0.1, -0.05) is 11.8 Å². The predicted molar refractivity (Wildman–Crippen MR) is 45.3 cm³/mol. The van der Waals surface area contributed by atoms with Crippen LogP contribution in [-0.2, 0) is 0 Å². The number of hydrogen-bond donors (Lipinski definition) is 3. The standard InChI is InChI=1S/C6H6N2O4S/c1-13-6-7-2(5(11)12)3(9)4(10)8-6/h9H,1H3,(H,11,12)(H,7,8,10). The fourth-order valence-corrected chi connectivity index (χ4v) is 1.07. The van der Waals surface area contributed by atoms with E-state index in [0.29, 0.717) is 0 Å². The fourth-order valence-electron chi connectivity index (χ4n) is 0.692. The zero-order valence-corrected chi connectivity index (χ0v) is 7.38. The Kier molecular flexibility index (Phi) is 2.57. The van der Waals surface area contributed by atoms with Crippen LogP contribution in [0.2, 0.25) is 0 Å². The first-order valence-electron chi connectivity index (χ1n) is 3.17. The highest BCUT2D eigenvalue weighted by molar-refractivity contribution is 7.98. The lowest BCUT2D eigenvalue weighted by atomic mass is 10.4. The Hall–Kier alpha value is -1.50. The van der Waals surface area contributed by atoms with Gasteiger partial charge in [0, 0.05) is 0 Å².